The molecule has 2 N–H and O–H groups in total. The molecule has 0 amide bonds. The van der Waals surface area contributed by atoms with Crippen LogP contribution < -0.4 is 5.56 Å². The van der Waals surface area contributed by atoms with E-state index in [1.165, 1.54) is 6.92 Å². The summed E-state index contributed by atoms with van der Waals surface area (Å²) < 4.78 is 0.994. The lowest BCUT2D eigenvalue weighted by atomic mass is 10.2. The molecule has 76 valence electrons. The first-order valence-corrected chi connectivity index (χ1v) is 3.99. The van der Waals surface area contributed by atoms with Crippen LogP contribution in [0.2, 0.25) is 0 Å². The number of Topliss-reactive ketones (excluding diaryl/α,β-unsaturated/α-hetero) is 2. The van der Waals surface area contributed by atoms with E-state index in [0.717, 1.165) is 10.7 Å². The van der Waals surface area contributed by atoms with Crippen molar-refractivity contribution in [1.82, 2.24) is 9.78 Å². The summed E-state index contributed by atoms with van der Waals surface area (Å²) in [6.07, 6.45) is -0.195. The van der Waals surface area contributed by atoms with E-state index in [2.05, 4.69) is 5.10 Å². The number of aromatic hydroxyl groups is 1. The minimum atomic E-state index is -0.488. The Kier molecular flexibility index (Phi) is 2.85. The van der Waals surface area contributed by atoms with E-state index in [4.69, 9.17) is 5.11 Å². The molecular formula is C8H10N2O4. The van der Waals surface area contributed by atoms with Crippen LogP contribution in [0.4, 0.5) is 0 Å². The molecule has 0 saturated carbocycles. The summed E-state index contributed by atoms with van der Waals surface area (Å²) in [5.41, 5.74) is -0.488. The molecule has 0 radical (unpaired) electrons. The minimum absolute atomic E-state index is 0.195. The fourth-order valence-electron chi connectivity index (χ4n) is 1.05. The highest BCUT2D eigenvalue weighted by atomic mass is 16.3. The van der Waals surface area contributed by atoms with Crippen LogP contribution in [0.3, 0.4) is 0 Å². The van der Waals surface area contributed by atoms with Gasteiger partial charge < -0.3 is 5.11 Å². The molecule has 1 aromatic rings. The second kappa shape index (κ2) is 3.91. The number of ketones is 2. The Hall–Kier alpha value is -1.85. The van der Waals surface area contributed by atoms with Crippen LogP contribution >= 0.6 is 0 Å². The van der Waals surface area contributed by atoms with Gasteiger partial charge in [-0.15, -0.1) is 0 Å². The van der Waals surface area contributed by atoms with E-state index in [9.17, 15) is 14.4 Å². The van der Waals surface area contributed by atoms with Crippen LogP contribution in [0.5, 0.6) is 5.88 Å². The van der Waals surface area contributed by atoms with E-state index in [1.807, 2.05) is 0 Å². The molecule has 0 aromatic carbocycles. The van der Waals surface area contributed by atoms with Crippen molar-refractivity contribution in [2.75, 3.05) is 0 Å². The summed E-state index contributed by atoms with van der Waals surface area (Å²) in [6, 6.07) is 0.959. The monoisotopic (exact) mass is 198 g/mol. The van der Waals surface area contributed by atoms with Gasteiger partial charge in [0.15, 0.2) is 5.78 Å². The van der Waals surface area contributed by atoms with Crippen LogP contribution in [-0.4, -0.2) is 26.5 Å². The zero-order chi connectivity index (χ0) is 10.7. The lowest BCUT2D eigenvalue weighted by Crippen LogP contribution is -2.15. The minimum Gasteiger partial charge on any atom is -0.493 e. The van der Waals surface area contributed by atoms with Crippen molar-refractivity contribution in [2.45, 2.75) is 19.9 Å². The van der Waals surface area contributed by atoms with Crippen molar-refractivity contribution in [1.29, 1.82) is 0 Å². The number of aromatic nitrogens is 2. The standard InChI is InChI=1S/C8H10N2O4/c1-5(11)2-6(12)4-10-8(14)3-7(13)9-10/h3,14H,2,4H2,1H3,(H,9,13). The molecule has 0 bridgehead atoms. The highest BCUT2D eigenvalue weighted by molar-refractivity contribution is 5.97. The Morgan fingerprint density at radius 3 is 2.64 bits per heavy atom. The maximum absolute atomic E-state index is 11.1. The third-order valence-electron chi connectivity index (χ3n) is 1.56. The summed E-state index contributed by atoms with van der Waals surface area (Å²) >= 11 is 0. The summed E-state index contributed by atoms with van der Waals surface area (Å²) in [5.74, 6) is -0.921. The Balaban J connectivity index is 2.69. The molecule has 1 aromatic heterocycles. The first-order valence-electron chi connectivity index (χ1n) is 3.99. The second-order valence-electron chi connectivity index (χ2n) is 2.98. The van der Waals surface area contributed by atoms with Crippen molar-refractivity contribution in [2.24, 2.45) is 0 Å². The van der Waals surface area contributed by atoms with Gasteiger partial charge in [-0.05, 0) is 6.92 Å². The van der Waals surface area contributed by atoms with Crippen LogP contribution in [0.15, 0.2) is 10.9 Å². The van der Waals surface area contributed by atoms with Crippen molar-refractivity contribution < 1.29 is 14.7 Å². The number of carbonyl (C=O) groups excluding carboxylic acids is 2. The number of aromatic amines is 1. The molecule has 6 heteroatoms. The molecule has 0 unspecified atom stereocenters. The zero-order valence-electron chi connectivity index (χ0n) is 7.61. The number of rotatable bonds is 4. The first-order chi connectivity index (χ1) is 6.49. The van der Waals surface area contributed by atoms with Gasteiger partial charge in [-0.2, -0.15) is 0 Å². The molecule has 0 fully saturated rings. The summed E-state index contributed by atoms with van der Waals surface area (Å²) in [6.45, 7) is 1.10. The molecular weight excluding hydrogens is 188 g/mol. The Bertz CT molecular complexity index is 415. The molecule has 0 spiro atoms. The third-order valence-corrected chi connectivity index (χ3v) is 1.56. The smallest absolute Gasteiger partial charge is 0.268 e. The maximum Gasteiger partial charge on any atom is 0.268 e. The van der Waals surface area contributed by atoms with E-state index in [-0.39, 0.29) is 30.4 Å². The largest absolute Gasteiger partial charge is 0.493 e. The predicted molar refractivity (Wildman–Crippen MR) is 47.0 cm³/mol. The lowest BCUT2D eigenvalue weighted by Gasteiger charge is -2.01. The van der Waals surface area contributed by atoms with E-state index in [1.54, 1.807) is 0 Å². The number of hydrogen-bond donors (Lipinski definition) is 2. The van der Waals surface area contributed by atoms with Gasteiger partial charge in [0.25, 0.3) is 5.56 Å². The molecule has 0 aliphatic heterocycles. The first kappa shape index (κ1) is 10.2. The number of H-pyrrole nitrogens is 1. The van der Waals surface area contributed by atoms with Gasteiger partial charge in [0.2, 0.25) is 5.88 Å². The van der Waals surface area contributed by atoms with Gasteiger partial charge >= 0.3 is 0 Å². The average Bonchev–Trinajstić information content (AvgIpc) is 2.28. The number of nitrogens with one attached hydrogen (secondary N) is 1. The van der Waals surface area contributed by atoms with Crippen LogP contribution in [0.25, 0.3) is 0 Å². The van der Waals surface area contributed by atoms with E-state index >= 15 is 0 Å². The van der Waals surface area contributed by atoms with Gasteiger partial charge in [-0.25, -0.2) is 4.68 Å². The maximum atomic E-state index is 11.1. The van der Waals surface area contributed by atoms with Crippen molar-refractivity contribution in [3.8, 4) is 5.88 Å². The summed E-state index contributed by atoms with van der Waals surface area (Å²) in [5, 5.41) is 11.3. The van der Waals surface area contributed by atoms with Gasteiger partial charge in [0.1, 0.15) is 12.3 Å². The molecule has 0 aliphatic carbocycles. The molecule has 14 heavy (non-hydrogen) atoms. The third kappa shape index (κ3) is 2.58. The van der Waals surface area contributed by atoms with E-state index in [0.29, 0.717) is 0 Å². The van der Waals surface area contributed by atoms with Crippen LogP contribution in [0, 0.1) is 0 Å². The fourth-order valence-corrected chi connectivity index (χ4v) is 1.05. The average molecular weight is 198 g/mol. The normalized spacial score (nSPS) is 10.1. The van der Waals surface area contributed by atoms with Crippen molar-refractivity contribution in [3.63, 3.8) is 0 Å². The molecule has 0 atom stereocenters. The van der Waals surface area contributed by atoms with Crippen molar-refractivity contribution in [3.05, 3.63) is 16.4 Å². The highest BCUT2D eigenvalue weighted by Crippen LogP contribution is 2.03. The Labute approximate surface area is 79.1 Å². The topological polar surface area (TPSA) is 92.2 Å². The summed E-state index contributed by atoms with van der Waals surface area (Å²) in [7, 11) is 0. The summed E-state index contributed by atoms with van der Waals surface area (Å²) in [4.78, 5) is 32.4. The van der Waals surface area contributed by atoms with E-state index < -0.39 is 5.56 Å². The van der Waals surface area contributed by atoms with Gasteiger partial charge in [-0.3, -0.25) is 19.5 Å². The van der Waals surface area contributed by atoms with Crippen LogP contribution in [-0.2, 0) is 16.1 Å². The molecule has 0 aliphatic rings. The Morgan fingerprint density at radius 2 is 2.21 bits per heavy atom. The molecule has 0 saturated heterocycles. The van der Waals surface area contributed by atoms with Gasteiger partial charge in [-0.1, -0.05) is 0 Å². The number of nitrogens with zero attached hydrogens (tertiary/aromatic N) is 1. The molecule has 6 nitrogen and oxygen atoms in total. The second-order valence-corrected chi connectivity index (χ2v) is 2.98. The zero-order valence-corrected chi connectivity index (χ0v) is 7.61. The van der Waals surface area contributed by atoms with Gasteiger partial charge in [0.05, 0.1) is 12.5 Å². The van der Waals surface area contributed by atoms with Gasteiger partial charge in [0, 0.05) is 0 Å². The Morgan fingerprint density at radius 1 is 1.57 bits per heavy atom. The number of carbonyl (C=O) groups is 2. The quantitative estimate of drug-likeness (QED) is 0.633. The number of hydrogen-bond acceptors (Lipinski definition) is 4. The van der Waals surface area contributed by atoms with Crippen LogP contribution in [0.1, 0.15) is 13.3 Å². The lowest BCUT2D eigenvalue weighted by molar-refractivity contribution is -0.126. The fraction of sp³-hybridized carbons (Fsp3) is 0.375. The highest BCUT2D eigenvalue weighted by Gasteiger charge is 2.09. The predicted octanol–water partition coefficient (Wildman–Crippen LogP) is -0.570. The van der Waals surface area contributed by atoms with Crippen molar-refractivity contribution >= 4 is 11.6 Å². The SMILES string of the molecule is CC(=O)CC(=O)Cn1[nH]c(=O)cc1O. The molecule has 1 rings (SSSR count). The molecule has 1 heterocycles.